The lowest BCUT2D eigenvalue weighted by Crippen LogP contribution is -2.13. The molecule has 0 aliphatic heterocycles. The molecule has 0 spiro atoms. The van der Waals surface area contributed by atoms with Crippen molar-refractivity contribution < 1.29 is 4.74 Å². The van der Waals surface area contributed by atoms with E-state index < -0.39 is 0 Å². The van der Waals surface area contributed by atoms with Gasteiger partial charge in [0.1, 0.15) is 5.75 Å². The summed E-state index contributed by atoms with van der Waals surface area (Å²) in [6.07, 6.45) is -0.217. The van der Waals surface area contributed by atoms with Crippen molar-refractivity contribution in [2.24, 2.45) is 0 Å². The Morgan fingerprint density at radius 1 is 0.963 bits per heavy atom. The third-order valence-corrected chi connectivity index (χ3v) is 5.03. The predicted octanol–water partition coefficient (Wildman–Crippen LogP) is 6.53. The van der Waals surface area contributed by atoms with E-state index in [9.17, 15) is 0 Å². The summed E-state index contributed by atoms with van der Waals surface area (Å²) < 4.78 is 8.27. The molecule has 4 rings (SSSR count). The van der Waals surface area contributed by atoms with Gasteiger partial charge in [0.25, 0.3) is 0 Å². The normalized spacial score (nSPS) is 12.3. The number of hydrogen-bond donors (Lipinski definition) is 0. The van der Waals surface area contributed by atoms with Crippen LogP contribution in [0.15, 0.2) is 72.8 Å². The molecule has 27 heavy (non-hydrogen) atoms. The van der Waals surface area contributed by atoms with Crippen molar-refractivity contribution in [2.75, 3.05) is 0 Å². The second kappa shape index (κ2) is 7.63. The van der Waals surface area contributed by atoms with E-state index in [1.54, 1.807) is 6.07 Å². The van der Waals surface area contributed by atoms with Crippen LogP contribution >= 0.6 is 23.2 Å². The number of halogens is 2. The van der Waals surface area contributed by atoms with Crippen molar-refractivity contribution in [1.29, 1.82) is 0 Å². The molecule has 1 atom stereocenters. The Labute approximate surface area is 168 Å². The Hall–Kier alpha value is -2.49. The molecule has 1 aromatic heterocycles. The highest BCUT2D eigenvalue weighted by atomic mass is 35.5. The van der Waals surface area contributed by atoms with Gasteiger partial charge in [-0.25, -0.2) is 4.98 Å². The van der Waals surface area contributed by atoms with Gasteiger partial charge in [-0.15, -0.1) is 0 Å². The van der Waals surface area contributed by atoms with Gasteiger partial charge in [0, 0.05) is 10.0 Å². The van der Waals surface area contributed by atoms with E-state index in [0.29, 0.717) is 16.6 Å². The maximum absolute atomic E-state index is 6.41. The van der Waals surface area contributed by atoms with Crippen LogP contribution in [0.1, 0.15) is 24.4 Å². The van der Waals surface area contributed by atoms with Crippen LogP contribution in [0.25, 0.3) is 11.0 Å². The Balaban J connectivity index is 1.75. The van der Waals surface area contributed by atoms with Crippen LogP contribution in [0, 0.1) is 0 Å². The fraction of sp³-hybridized carbons (Fsp3) is 0.136. The van der Waals surface area contributed by atoms with E-state index in [1.807, 2.05) is 67.6 Å². The fourth-order valence-corrected chi connectivity index (χ4v) is 3.62. The van der Waals surface area contributed by atoms with Crippen LogP contribution in [0.4, 0.5) is 0 Å². The molecule has 0 aliphatic rings. The van der Waals surface area contributed by atoms with E-state index in [0.717, 1.165) is 28.2 Å². The van der Waals surface area contributed by atoms with Crippen LogP contribution in [0.2, 0.25) is 10.0 Å². The van der Waals surface area contributed by atoms with Gasteiger partial charge in [-0.2, -0.15) is 0 Å². The predicted molar refractivity (Wildman–Crippen MR) is 111 cm³/mol. The fourth-order valence-electron chi connectivity index (χ4n) is 3.15. The maximum Gasteiger partial charge on any atom is 0.153 e. The zero-order valence-electron chi connectivity index (χ0n) is 14.8. The van der Waals surface area contributed by atoms with Crippen LogP contribution in [-0.4, -0.2) is 9.55 Å². The molecule has 3 nitrogen and oxygen atoms in total. The molecule has 0 radical (unpaired) electrons. The molecule has 136 valence electrons. The minimum absolute atomic E-state index is 0.217. The molecule has 1 heterocycles. The Morgan fingerprint density at radius 3 is 2.48 bits per heavy atom. The minimum Gasteiger partial charge on any atom is -0.483 e. The number of hydrogen-bond acceptors (Lipinski definition) is 2. The summed E-state index contributed by atoms with van der Waals surface area (Å²) in [6, 6.07) is 23.4. The molecule has 0 amide bonds. The highest BCUT2D eigenvalue weighted by Crippen LogP contribution is 2.28. The monoisotopic (exact) mass is 396 g/mol. The van der Waals surface area contributed by atoms with Crippen molar-refractivity contribution in [3.8, 4) is 5.75 Å². The average molecular weight is 397 g/mol. The molecule has 0 saturated carbocycles. The molecule has 0 aliphatic carbocycles. The second-order valence-electron chi connectivity index (χ2n) is 6.35. The zero-order valence-corrected chi connectivity index (χ0v) is 16.3. The summed E-state index contributed by atoms with van der Waals surface area (Å²) in [5.41, 5.74) is 2.96. The van der Waals surface area contributed by atoms with E-state index in [1.165, 1.54) is 0 Å². The highest BCUT2D eigenvalue weighted by molar-refractivity contribution is 6.35. The number of imidazole rings is 1. The molecule has 3 aromatic carbocycles. The summed E-state index contributed by atoms with van der Waals surface area (Å²) in [7, 11) is 0. The van der Waals surface area contributed by atoms with Crippen LogP contribution in [-0.2, 0) is 6.54 Å². The summed E-state index contributed by atoms with van der Waals surface area (Å²) >= 11 is 12.5. The van der Waals surface area contributed by atoms with Crippen molar-refractivity contribution >= 4 is 34.2 Å². The van der Waals surface area contributed by atoms with Crippen molar-refractivity contribution in [1.82, 2.24) is 9.55 Å². The number of ether oxygens (including phenoxy) is 1. The molecular weight excluding hydrogens is 379 g/mol. The van der Waals surface area contributed by atoms with Crippen molar-refractivity contribution in [3.63, 3.8) is 0 Å². The number of benzene rings is 3. The molecular formula is C22H18Cl2N2O. The molecule has 0 saturated heterocycles. The Bertz CT molecular complexity index is 1080. The van der Waals surface area contributed by atoms with Crippen LogP contribution in [0.5, 0.6) is 5.75 Å². The minimum atomic E-state index is -0.217. The van der Waals surface area contributed by atoms with Gasteiger partial charge in [-0.1, -0.05) is 59.6 Å². The summed E-state index contributed by atoms with van der Waals surface area (Å²) in [6.45, 7) is 2.60. The Kier molecular flexibility index (Phi) is 5.06. The molecule has 0 N–H and O–H groups in total. The largest absolute Gasteiger partial charge is 0.483 e. The van der Waals surface area contributed by atoms with Gasteiger partial charge in [-0.3, -0.25) is 0 Å². The average Bonchev–Trinajstić information content (AvgIpc) is 3.03. The van der Waals surface area contributed by atoms with Gasteiger partial charge in [-0.05, 0) is 48.9 Å². The standard InChI is InChI=1S/C22H18Cl2N2O/c1-15(27-18-7-3-2-4-8-18)22-25-20-9-5-6-10-21(20)26(22)14-16-11-12-17(23)13-19(16)24/h2-13,15H,14H2,1H3. The molecule has 0 bridgehead atoms. The van der Waals surface area contributed by atoms with Crippen LogP contribution < -0.4 is 4.74 Å². The van der Waals surface area contributed by atoms with E-state index in [2.05, 4.69) is 10.6 Å². The topological polar surface area (TPSA) is 27.1 Å². The van der Waals surface area contributed by atoms with Gasteiger partial charge in [0.05, 0.1) is 17.6 Å². The first-order valence-corrected chi connectivity index (χ1v) is 9.48. The number of rotatable bonds is 5. The van der Waals surface area contributed by atoms with E-state index in [4.69, 9.17) is 32.9 Å². The summed E-state index contributed by atoms with van der Waals surface area (Å²) in [5, 5.41) is 1.27. The first-order valence-electron chi connectivity index (χ1n) is 8.72. The smallest absolute Gasteiger partial charge is 0.153 e. The van der Waals surface area contributed by atoms with Crippen molar-refractivity contribution in [3.05, 3.63) is 94.2 Å². The third kappa shape index (κ3) is 3.80. The third-order valence-electron chi connectivity index (χ3n) is 4.45. The molecule has 1 unspecified atom stereocenters. The first-order chi connectivity index (χ1) is 13.1. The highest BCUT2D eigenvalue weighted by Gasteiger charge is 2.19. The van der Waals surface area contributed by atoms with Gasteiger partial charge < -0.3 is 9.30 Å². The quantitative estimate of drug-likeness (QED) is 0.383. The lowest BCUT2D eigenvalue weighted by atomic mass is 10.2. The second-order valence-corrected chi connectivity index (χ2v) is 7.20. The maximum atomic E-state index is 6.41. The molecule has 0 fully saturated rings. The lowest BCUT2D eigenvalue weighted by Gasteiger charge is -2.17. The van der Waals surface area contributed by atoms with Gasteiger partial charge in [0.15, 0.2) is 11.9 Å². The number of fused-ring (bicyclic) bond motifs is 1. The first kappa shape index (κ1) is 17.9. The van der Waals surface area contributed by atoms with Gasteiger partial charge >= 0.3 is 0 Å². The lowest BCUT2D eigenvalue weighted by molar-refractivity contribution is 0.212. The SMILES string of the molecule is CC(Oc1ccccc1)c1nc2ccccc2n1Cc1ccc(Cl)cc1Cl. The van der Waals surface area contributed by atoms with Crippen molar-refractivity contribution in [2.45, 2.75) is 19.6 Å². The van der Waals surface area contributed by atoms with E-state index >= 15 is 0 Å². The summed E-state index contributed by atoms with van der Waals surface area (Å²) in [5.74, 6) is 1.67. The Morgan fingerprint density at radius 2 is 1.70 bits per heavy atom. The van der Waals surface area contributed by atoms with Crippen LogP contribution in [0.3, 0.4) is 0 Å². The number of nitrogens with zero attached hydrogens (tertiary/aromatic N) is 2. The number of para-hydroxylation sites is 3. The zero-order chi connectivity index (χ0) is 18.8. The molecule has 5 heteroatoms. The molecule has 4 aromatic rings. The number of aromatic nitrogens is 2. The van der Waals surface area contributed by atoms with E-state index in [-0.39, 0.29) is 6.10 Å². The summed E-state index contributed by atoms with van der Waals surface area (Å²) in [4.78, 5) is 4.82. The van der Waals surface area contributed by atoms with Gasteiger partial charge in [0.2, 0.25) is 0 Å².